The number of aromatic nitrogens is 1. The number of benzene rings is 2. The first-order chi connectivity index (χ1) is 14.0. The summed E-state index contributed by atoms with van der Waals surface area (Å²) in [6.45, 7) is 2.04. The van der Waals surface area contributed by atoms with Crippen LogP contribution in [0.2, 0.25) is 0 Å². The Morgan fingerprint density at radius 1 is 1.17 bits per heavy atom. The maximum absolute atomic E-state index is 12.6. The highest BCUT2D eigenvalue weighted by molar-refractivity contribution is 7.16. The van der Waals surface area contributed by atoms with Crippen LogP contribution in [0, 0.1) is 0 Å². The van der Waals surface area contributed by atoms with Crippen LogP contribution in [0.15, 0.2) is 62.7 Å². The Morgan fingerprint density at radius 3 is 2.76 bits per heavy atom. The van der Waals surface area contributed by atoms with Gasteiger partial charge in [0.25, 0.3) is 0 Å². The van der Waals surface area contributed by atoms with Gasteiger partial charge in [-0.1, -0.05) is 23.5 Å². The normalized spacial score (nSPS) is 11.9. The number of nitrogens with zero attached hydrogens (tertiary/aromatic N) is 2. The lowest BCUT2D eigenvalue weighted by Crippen LogP contribution is -2.14. The third-order valence-corrected chi connectivity index (χ3v) is 5.46. The Morgan fingerprint density at radius 2 is 1.97 bits per heavy atom. The highest BCUT2D eigenvalue weighted by atomic mass is 32.1. The highest BCUT2D eigenvalue weighted by Crippen LogP contribution is 2.19. The molecule has 0 aliphatic rings. The summed E-state index contributed by atoms with van der Waals surface area (Å²) in [5.74, 6) is -1.18. The van der Waals surface area contributed by atoms with E-state index in [1.54, 1.807) is 61.0 Å². The number of amides is 1. The van der Waals surface area contributed by atoms with E-state index in [1.807, 2.05) is 0 Å². The molecule has 0 spiro atoms. The predicted octanol–water partition coefficient (Wildman–Crippen LogP) is 3.26. The van der Waals surface area contributed by atoms with E-state index in [0.717, 1.165) is 16.3 Å². The second-order valence-electron chi connectivity index (χ2n) is 6.23. The smallest absolute Gasteiger partial charge is 0.338 e. The summed E-state index contributed by atoms with van der Waals surface area (Å²) in [6.07, 6.45) is 0. The van der Waals surface area contributed by atoms with Crippen LogP contribution in [-0.2, 0) is 11.8 Å². The minimum absolute atomic E-state index is 0.127. The molecule has 1 amide bonds. The highest BCUT2D eigenvalue weighted by Gasteiger charge is 2.14. The van der Waals surface area contributed by atoms with Crippen molar-refractivity contribution in [2.75, 3.05) is 6.61 Å². The van der Waals surface area contributed by atoms with Crippen molar-refractivity contribution in [3.05, 3.63) is 74.9 Å². The molecule has 2 heterocycles. The predicted molar refractivity (Wildman–Crippen MR) is 109 cm³/mol. The van der Waals surface area contributed by atoms with Gasteiger partial charge in [0.15, 0.2) is 16.0 Å². The number of fused-ring (bicyclic) bond motifs is 2. The molecule has 7 nitrogen and oxygen atoms in total. The SMILES string of the molecule is CCOC(=O)c1ccc2c(c1)sc(=NC(=O)c1cc(=O)c3ccccc3o1)n2C. The molecular weight excluding hydrogens is 392 g/mol. The van der Waals surface area contributed by atoms with Crippen molar-refractivity contribution in [3.63, 3.8) is 0 Å². The van der Waals surface area contributed by atoms with Gasteiger partial charge in [-0.25, -0.2) is 4.79 Å². The number of carbonyl (C=O) groups excluding carboxylic acids is 2. The van der Waals surface area contributed by atoms with E-state index in [0.29, 0.717) is 27.9 Å². The largest absolute Gasteiger partial charge is 0.462 e. The molecule has 0 unspecified atom stereocenters. The molecule has 2 aromatic carbocycles. The molecular formula is C21H16N2O5S. The number of hydrogen-bond donors (Lipinski definition) is 0. The topological polar surface area (TPSA) is 90.9 Å². The van der Waals surface area contributed by atoms with Crippen molar-refractivity contribution in [2.45, 2.75) is 6.92 Å². The number of rotatable bonds is 3. The van der Waals surface area contributed by atoms with Gasteiger partial charge in [-0.05, 0) is 37.3 Å². The molecule has 0 radical (unpaired) electrons. The van der Waals surface area contributed by atoms with Crippen molar-refractivity contribution >= 4 is 44.4 Å². The second kappa shape index (κ2) is 7.48. The molecule has 0 saturated heterocycles. The summed E-state index contributed by atoms with van der Waals surface area (Å²) < 4.78 is 13.1. The summed E-state index contributed by atoms with van der Waals surface area (Å²) in [5.41, 5.74) is 1.28. The minimum atomic E-state index is -0.652. The van der Waals surface area contributed by atoms with Gasteiger partial charge < -0.3 is 13.7 Å². The van der Waals surface area contributed by atoms with Gasteiger partial charge in [0, 0.05) is 13.1 Å². The lowest BCUT2D eigenvalue weighted by atomic mass is 10.2. The van der Waals surface area contributed by atoms with Crippen LogP contribution in [0.4, 0.5) is 0 Å². The van der Waals surface area contributed by atoms with E-state index in [-0.39, 0.29) is 11.2 Å². The Hall–Kier alpha value is -3.52. The van der Waals surface area contributed by atoms with E-state index >= 15 is 0 Å². The Bertz CT molecular complexity index is 1390. The first kappa shape index (κ1) is 18.8. The summed E-state index contributed by atoms with van der Waals surface area (Å²) in [6, 6.07) is 13.0. The van der Waals surface area contributed by atoms with E-state index in [2.05, 4.69) is 4.99 Å². The van der Waals surface area contributed by atoms with Crippen molar-refractivity contribution in [2.24, 2.45) is 12.0 Å². The van der Waals surface area contributed by atoms with Gasteiger partial charge in [0.2, 0.25) is 0 Å². The zero-order valence-electron chi connectivity index (χ0n) is 15.7. The Balaban J connectivity index is 1.77. The fourth-order valence-electron chi connectivity index (χ4n) is 2.93. The van der Waals surface area contributed by atoms with E-state index in [4.69, 9.17) is 9.15 Å². The van der Waals surface area contributed by atoms with Crippen molar-refractivity contribution in [1.82, 2.24) is 4.57 Å². The molecule has 0 atom stereocenters. The van der Waals surface area contributed by atoms with E-state index < -0.39 is 11.9 Å². The molecule has 29 heavy (non-hydrogen) atoms. The zero-order valence-corrected chi connectivity index (χ0v) is 16.5. The monoisotopic (exact) mass is 408 g/mol. The number of thiazole rings is 1. The first-order valence-corrected chi connectivity index (χ1v) is 9.68. The average molecular weight is 408 g/mol. The molecule has 0 saturated carbocycles. The minimum Gasteiger partial charge on any atom is -0.462 e. The molecule has 4 aromatic rings. The van der Waals surface area contributed by atoms with Gasteiger partial charge in [-0.15, -0.1) is 0 Å². The Kier molecular flexibility index (Phi) is 4.85. The fraction of sp³-hybridized carbons (Fsp3) is 0.143. The van der Waals surface area contributed by atoms with E-state index in [9.17, 15) is 14.4 Å². The second-order valence-corrected chi connectivity index (χ2v) is 7.24. The zero-order chi connectivity index (χ0) is 20.5. The van der Waals surface area contributed by atoms with Gasteiger partial charge >= 0.3 is 11.9 Å². The quantitative estimate of drug-likeness (QED) is 0.485. The lowest BCUT2D eigenvalue weighted by Gasteiger charge is -2.01. The summed E-state index contributed by atoms with van der Waals surface area (Å²) in [5, 5.41) is 0.406. The molecule has 0 fully saturated rings. The molecule has 8 heteroatoms. The summed E-state index contributed by atoms with van der Waals surface area (Å²) >= 11 is 1.25. The van der Waals surface area contributed by atoms with Crippen molar-refractivity contribution in [3.8, 4) is 0 Å². The third kappa shape index (κ3) is 3.50. The fourth-order valence-corrected chi connectivity index (χ4v) is 3.99. The van der Waals surface area contributed by atoms with Crippen molar-refractivity contribution in [1.29, 1.82) is 0 Å². The average Bonchev–Trinajstić information content (AvgIpc) is 3.03. The number of esters is 1. The van der Waals surface area contributed by atoms with Gasteiger partial charge in [-0.3, -0.25) is 9.59 Å². The number of carbonyl (C=O) groups is 2. The molecule has 146 valence electrons. The first-order valence-electron chi connectivity index (χ1n) is 8.86. The molecule has 0 N–H and O–H groups in total. The maximum Gasteiger partial charge on any atom is 0.338 e. The molecule has 0 aliphatic heterocycles. The molecule has 0 aliphatic carbocycles. The lowest BCUT2D eigenvalue weighted by molar-refractivity contribution is 0.0526. The maximum atomic E-state index is 12.6. The van der Waals surface area contributed by atoms with Crippen LogP contribution in [-0.4, -0.2) is 23.1 Å². The number of hydrogen-bond acceptors (Lipinski definition) is 6. The molecule has 4 rings (SSSR count). The van der Waals surface area contributed by atoms with Crippen LogP contribution < -0.4 is 10.2 Å². The van der Waals surface area contributed by atoms with Crippen LogP contribution in [0.1, 0.15) is 27.8 Å². The summed E-state index contributed by atoms with van der Waals surface area (Å²) in [7, 11) is 1.77. The number of aryl methyl sites for hydroxylation is 1. The van der Waals surface area contributed by atoms with Crippen molar-refractivity contribution < 1.29 is 18.7 Å². The van der Waals surface area contributed by atoms with Gasteiger partial charge in [0.1, 0.15) is 5.58 Å². The number of ether oxygens (including phenoxy) is 1. The Labute approximate surface area is 168 Å². The third-order valence-electron chi connectivity index (χ3n) is 4.36. The molecule has 0 bridgehead atoms. The van der Waals surface area contributed by atoms with E-state index in [1.165, 1.54) is 11.3 Å². The standard InChI is InChI=1S/C21H16N2O5S/c1-3-27-20(26)12-8-9-14-18(10-12)29-21(23(14)2)22-19(25)17-11-15(24)13-6-4-5-7-16(13)28-17/h4-11H,3H2,1-2H3. The van der Waals surface area contributed by atoms with Gasteiger partial charge in [0.05, 0.1) is 27.8 Å². The van der Waals surface area contributed by atoms with Gasteiger partial charge in [-0.2, -0.15) is 4.99 Å². The summed E-state index contributed by atoms with van der Waals surface area (Å²) in [4.78, 5) is 41.3. The number of para-hydroxylation sites is 1. The van der Waals surface area contributed by atoms with Crippen LogP contribution in [0.25, 0.3) is 21.2 Å². The van der Waals surface area contributed by atoms with Crippen LogP contribution >= 0.6 is 11.3 Å². The van der Waals surface area contributed by atoms with Crippen LogP contribution in [0.5, 0.6) is 0 Å². The van der Waals surface area contributed by atoms with Crippen LogP contribution in [0.3, 0.4) is 0 Å². The molecule has 2 aromatic heterocycles.